The van der Waals surface area contributed by atoms with Crippen molar-refractivity contribution in [3.05, 3.63) is 75.6 Å². The Morgan fingerprint density at radius 1 is 1.14 bits per heavy atom. The molecule has 4 N–H and O–H groups in total. The molecule has 0 saturated heterocycles. The molecule has 1 atom stereocenters. The van der Waals surface area contributed by atoms with Crippen molar-refractivity contribution < 1.29 is 24.4 Å². The highest BCUT2D eigenvalue weighted by Crippen LogP contribution is 2.23. The zero-order valence-corrected chi connectivity index (χ0v) is 19.5. The number of hydrogen-bond donors (Lipinski definition) is 4. The number of aromatic carboxylic acids is 1. The van der Waals surface area contributed by atoms with Crippen LogP contribution in [-0.4, -0.2) is 48.7 Å². The van der Waals surface area contributed by atoms with Crippen molar-refractivity contribution in [2.75, 3.05) is 11.1 Å². The van der Waals surface area contributed by atoms with E-state index in [0.717, 1.165) is 11.8 Å². The number of carbonyl (C=O) groups is 3. The molecule has 2 aromatic carbocycles. The maximum atomic E-state index is 12.7. The zero-order valence-electron chi connectivity index (χ0n) is 18.7. The Kier molecular flexibility index (Phi) is 8.15. The Morgan fingerprint density at radius 3 is 2.49 bits per heavy atom. The highest BCUT2D eigenvalue weighted by molar-refractivity contribution is 7.99. The monoisotopic (exact) mass is 498 g/mol. The lowest BCUT2D eigenvalue weighted by Gasteiger charge is -2.19. The van der Waals surface area contributed by atoms with Crippen LogP contribution in [0.15, 0.2) is 53.7 Å². The quantitative estimate of drug-likeness (QED) is 0.185. The number of H-pyrrole nitrogens is 1. The summed E-state index contributed by atoms with van der Waals surface area (Å²) in [6.07, 6.45) is 0. The molecular weight excluding hydrogens is 476 g/mol. The van der Waals surface area contributed by atoms with E-state index in [1.165, 1.54) is 48.5 Å². The molecule has 0 aliphatic rings. The van der Waals surface area contributed by atoms with Crippen LogP contribution >= 0.6 is 11.8 Å². The van der Waals surface area contributed by atoms with Gasteiger partial charge in [0.1, 0.15) is 5.82 Å². The molecule has 2 amide bonds. The van der Waals surface area contributed by atoms with Gasteiger partial charge in [-0.25, -0.2) is 9.78 Å². The summed E-state index contributed by atoms with van der Waals surface area (Å²) in [6, 6.07) is 10.6. The third kappa shape index (κ3) is 6.86. The third-order valence-corrected chi connectivity index (χ3v) is 5.64. The van der Waals surface area contributed by atoms with Crippen LogP contribution in [0.25, 0.3) is 0 Å². The number of amides is 2. The van der Waals surface area contributed by atoms with E-state index in [1.807, 2.05) is 13.8 Å². The predicted octanol–water partition coefficient (Wildman–Crippen LogP) is 3.27. The fourth-order valence-corrected chi connectivity index (χ4v) is 3.63. The average molecular weight is 499 g/mol. The molecule has 1 heterocycles. The second-order valence-corrected chi connectivity index (χ2v) is 8.67. The SMILES string of the molecule is CC(C)[C@@H](NC(=O)c1cccc([N+](=O)[O-])c1)c1nc(SCC(=O)Nc2ccc(C(=O)O)cc2)n[nH]1. The first-order chi connectivity index (χ1) is 16.6. The van der Waals surface area contributed by atoms with Gasteiger partial charge in [-0.2, -0.15) is 0 Å². The number of rotatable bonds is 10. The number of carbonyl (C=O) groups excluding carboxylic acids is 2. The van der Waals surface area contributed by atoms with Crippen LogP contribution in [0.3, 0.4) is 0 Å². The van der Waals surface area contributed by atoms with E-state index in [9.17, 15) is 24.5 Å². The van der Waals surface area contributed by atoms with Gasteiger partial charge in [-0.3, -0.25) is 24.8 Å². The van der Waals surface area contributed by atoms with Gasteiger partial charge in [0, 0.05) is 23.4 Å². The minimum Gasteiger partial charge on any atom is -0.478 e. The Bertz CT molecular complexity index is 1240. The summed E-state index contributed by atoms with van der Waals surface area (Å²) >= 11 is 1.08. The minimum absolute atomic E-state index is 0.00433. The number of aromatic nitrogens is 3. The van der Waals surface area contributed by atoms with E-state index < -0.39 is 22.8 Å². The standard InChI is InChI=1S/C22H22N6O6S/c1-12(2)18(24-20(30)14-4-3-5-16(10-14)28(33)34)19-25-22(27-26-19)35-11-17(29)23-15-8-6-13(7-9-15)21(31)32/h3-10,12,18H,11H2,1-2H3,(H,23,29)(H,24,30)(H,31,32)(H,25,26,27)/t18-/m1/s1. The summed E-state index contributed by atoms with van der Waals surface area (Å²) in [4.78, 5) is 50.6. The first-order valence-electron chi connectivity index (χ1n) is 10.4. The van der Waals surface area contributed by atoms with Gasteiger partial charge in [0.05, 0.1) is 22.3 Å². The number of nitrogens with zero attached hydrogens (tertiary/aromatic N) is 3. The highest BCUT2D eigenvalue weighted by Gasteiger charge is 2.24. The molecule has 3 aromatic rings. The number of aromatic amines is 1. The summed E-state index contributed by atoms with van der Waals surface area (Å²) in [7, 11) is 0. The van der Waals surface area contributed by atoms with Gasteiger partial charge in [0.15, 0.2) is 0 Å². The molecule has 0 fully saturated rings. The van der Waals surface area contributed by atoms with Crippen molar-refractivity contribution >= 4 is 40.9 Å². The Morgan fingerprint density at radius 2 is 1.86 bits per heavy atom. The smallest absolute Gasteiger partial charge is 0.335 e. The molecule has 0 aliphatic carbocycles. The van der Waals surface area contributed by atoms with Gasteiger partial charge in [-0.15, -0.1) is 5.10 Å². The molecule has 3 rings (SSSR count). The van der Waals surface area contributed by atoms with Crippen molar-refractivity contribution in [2.45, 2.75) is 25.0 Å². The van der Waals surface area contributed by atoms with E-state index in [2.05, 4.69) is 25.8 Å². The second kappa shape index (κ2) is 11.2. The van der Waals surface area contributed by atoms with Crippen LogP contribution in [0.5, 0.6) is 0 Å². The number of carboxylic acid groups (broad SMARTS) is 1. The Hall–Kier alpha value is -4.26. The van der Waals surface area contributed by atoms with Gasteiger partial charge >= 0.3 is 5.97 Å². The van der Waals surface area contributed by atoms with Gasteiger partial charge in [0.2, 0.25) is 11.1 Å². The van der Waals surface area contributed by atoms with Crippen molar-refractivity contribution in [2.24, 2.45) is 5.92 Å². The molecule has 13 heteroatoms. The Balaban J connectivity index is 1.60. The van der Waals surface area contributed by atoms with Crippen LogP contribution in [0.4, 0.5) is 11.4 Å². The summed E-state index contributed by atoms with van der Waals surface area (Å²) in [5.41, 5.74) is 0.531. The number of anilines is 1. The Labute approximate surface area is 203 Å². The molecule has 0 bridgehead atoms. The minimum atomic E-state index is -1.06. The summed E-state index contributed by atoms with van der Waals surface area (Å²) in [5, 5.41) is 32.5. The normalized spacial score (nSPS) is 11.6. The fourth-order valence-electron chi connectivity index (χ4n) is 3.02. The predicted molar refractivity (Wildman–Crippen MR) is 127 cm³/mol. The van der Waals surface area contributed by atoms with E-state index in [-0.39, 0.29) is 34.4 Å². The first kappa shape index (κ1) is 25.4. The van der Waals surface area contributed by atoms with Crippen LogP contribution in [-0.2, 0) is 4.79 Å². The van der Waals surface area contributed by atoms with Gasteiger partial charge in [-0.05, 0) is 36.2 Å². The van der Waals surface area contributed by atoms with Crippen molar-refractivity contribution in [1.82, 2.24) is 20.5 Å². The topological polar surface area (TPSA) is 180 Å². The number of hydrogen-bond acceptors (Lipinski definition) is 8. The highest BCUT2D eigenvalue weighted by atomic mass is 32.2. The average Bonchev–Trinajstić information content (AvgIpc) is 3.30. The molecule has 0 saturated carbocycles. The van der Waals surface area contributed by atoms with Gasteiger partial charge in [0.25, 0.3) is 11.6 Å². The first-order valence-corrected chi connectivity index (χ1v) is 11.4. The van der Waals surface area contributed by atoms with Gasteiger partial charge in [-0.1, -0.05) is 31.7 Å². The number of carboxylic acids is 1. The summed E-state index contributed by atoms with van der Waals surface area (Å²) in [5.74, 6) is -1.58. The van der Waals surface area contributed by atoms with Crippen LogP contribution in [0.2, 0.25) is 0 Å². The lowest BCUT2D eigenvalue weighted by Crippen LogP contribution is -2.32. The van der Waals surface area contributed by atoms with Gasteiger partial charge < -0.3 is 15.7 Å². The molecule has 0 aliphatic heterocycles. The number of thioether (sulfide) groups is 1. The maximum absolute atomic E-state index is 12.7. The van der Waals surface area contributed by atoms with E-state index in [0.29, 0.717) is 16.7 Å². The van der Waals surface area contributed by atoms with Crippen molar-refractivity contribution in [3.63, 3.8) is 0 Å². The summed E-state index contributed by atoms with van der Waals surface area (Å²) < 4.78 is 0. The number of nitrogens with one attached hydrogen (secondary N) is 3. The van der Waals surface area contributed by atoms with E-state index in [4.69, 9.17) is 5.11 Å². The molecule has 182 valence electrons. The van der Waals surface area contributed by atoms with Crippen molar-refractivity contribution in [1.29, 1.82) is 0 Å². The zero-order chi connectivity index (χ0) is 25.5. The fraction of sp³-hybridized carbons (Fsp3) is 0.227. The molecule has 0 spiro atoms. The molecule has 0 radical (unpaired) electrons. The molecular formula is C22H22N6O6S. The molecule has 12 nitrogen and oxygen atoms in total. The largest absolute Gasteiger partial charge is 0.478 e. The van der Waals surface area contributed by atoms with Crippen molar-refractivity contribution in [3.8, 4) is 0 Å². The molecule has 0 unspecified atom stereocenters. The number of nitro groups is 1. The summed E-state index contributed by atoms with van der Waals surface area (Å²) in [6.45, 7) is 3.74. The van der Waals surface area contributed by atoms with Crippen LogP contribution in [0.1, 0.15) is 46.4 Å². The van der Waals surface area contributed by atoms with E-state index in [1.54, 1.807) is 0 Å². The number of nitro benzene ring substituents is 1. The van der Waals surface area contributed by atoms with E-state index >= 15 is 0 Å². The number of benzene rings is 2. The van der Waals surface area contributed by atoms with Crippen LogP contribution in [0, 0.1) is 16.0 Å². The van der Waals surface area contributed by atoms with Crippen LogP contribution < -0.4 is 10.6 Å². The molecule has 1 aromatic heterocycles. The lowest BCUT2D eigenvalue weighted by molar-refractivity contribution is -0.384. The second-order valence-electron chi connectivity index (χ2n) is 7.73. The number of non-ortho nitro benzene ring substituents is 1. The maximum Gasteiger partial charge on any atom is 0.335 e. The third-order valence-electron chi connectivity index (χ3n) is 4.80. The molecule has 35 heavy (non-hydrogen) atoms. The lowest BCUT2D eigenvalue weighted by atomic mass is 10.0.